The van der Waals surface area contributed by atoms with Crippen LogP contribution in [0.5, 0.6) is 0 Å². The number of benzene rings is 1. The Morgan fingerprint density at radius 3 is 2.68 bits per heavy atom. The van der Waals surface area contributed by atoms with Gasteiger partial charge < -0.3 is 5.73 Å². The van der Waals surface area contributed by atoms with E-state index in [1.165, 1.54) is 43.4 Å². The van der Waals surface area contributed by atoms with Crippen molar-refractivity contribution in [3.63, 3.8) is 0 Å². The Bertz CT molecular complexity index is 477. The van der Waals surface area contributed by atoms with E-state index < -0.39 is 0 Å². The maximum atomic E-state index is 7.53. The molecule has 3 N–H and O–H groups in total. The molecule has 0 spiro atoms. The van der Waals surface area contributed by atoms with Crippen molar-refractivity contribution in [2.24, 2.45) is 11.1 Å². The summed E-state index contributed by atoms with van der Waals surface area (Å²) in [7, 11) is 0. The van der Waals surface area contributed by atoms with Crippen molar-refractivity contribution in [1.29, 1.82) is 5.41 Å². The average Bonchev–Trinajstić information content (AvgIpc) is 3.12. The number of nitrogens with two attached hydrogens (primary N) is 1. The predicted octanol–water partition coefficient (Wildman–Crippen LogP) is 2.54. The zero-order chi connectivity index (χ0) is 13.3. The van der Waals surface area contributed by atoms with Gasteiger partial charge in [0.1, 0.15) is 0 Å². The van der Waals surface area contributed by atoms with Gasteiger partial charge in [0.2, 0.25) is 0 Å². The standard InChI is InChI=1S/C16H23N3/c17-15(18)10-16(7-8-16)12-19-9-3-6-13-4-1-2-5-14(13)11-19/h1-2,4-5H,3,6-12H2,(H3,17,18). The molecule has 0 atom stereocenters. The molecule has 0 radical (unpaired) electrons. The summed E-state index contributed by atoms with van der Waals surface area (Å²) in [6.07, 6.45) is 5.71. The Morgan fingerprint density at radius 1 is 1.26 bits per heavy atom. The molecule has 2 aliphatic rings. The fourth-order valence-corrected chi connectivity index (χ4v) is 3.35. The minimum atomic E-state index is 0.325. The normalized spacial score (nSPS) is 21.5. The summed E-state index contributed by atoms with van der Waals surface area (Å²) in [5.41, 5.74) is 8.92. The van der Waals surface area contributed by atoms with Crippen LogP contribution in [0.3, 0.4) is 0 Å². The first-order chi connectivity index (χ1) is 9.17. The maximum absolute atomic E-state index is 7.53. The van der Waals surface area contributed by atoms with E-state index >= 15 is 0 Å². The van der Waals surface area contributed by atoms with Gasteiger partial charge in [0.15, 0.2) is 0 Å². The molecule has 1 heterocycles. The van der Waals surface area contributed by atoms with E-state index in [1.54, 1.807) is 0 Å². The molecule has 19 heavy (non-hydrogen) atoms. The monoisotopic (exact) mass is 257 g/mol. The molecular weight excluding hydrogens is 234 g/mol. The number of rotatable bonds is 4. The second-order valence-corrected chi connectivity index (χ2v) is 6.28. The van der Waals surface area contributed by atoms with E-state index in [4.69, 9.17) is 11.1 Å². The van der Waals surface area contributed by atoms with E-state index in [9.17, 15) is 0 Å². The lowest BCUT2D eigenvalue weighted by molar-refractivity contribution is 0.217. The van der Waals surface area contributed by atoms with Crippen LogP contribution in [0, 0.1) is 10.8 Å². The largest absolute Gasteiger partial charge is 0.388 e. The number of nitrogens with one attached hydrogen (secondary N) is 1. The average molecular weight is 257 g/mol. The van der Waals surface area contributed by atoms with Crippen molar-refractivity contribution in [3.8, 4) is 0 Å². The van der Waals surface area contributed by atoms with Crippen LogP contribution in [0.15, 0.2) is 24.3 Å². The highest BCUT2D eigenvalue weighted by molar-refractivity contribution is 5.78. The van der Waals surface area contributed by atoms with Gasteiger partial charge in [-0.3, -0.25) is 10.3 Å². The number of fused-ring (bicyclic) bond motifs is 1. The molecule has 0 bridgehead atoms. The fraction of sp³-hybridized carbons (Fsp3) is 0.562. The van der Waals surface area contributed by atoms with Gasteiger partial charge in [-0.2, -0.15) is 0 Å². The molecule has 1 aromatic carbocycles. The Balaban J connectivity index is 1.68. The lowest BCUT2D eigenvalue weighted by atomic mass is 10.0. The number of hydrogen-bond donors (Lipinski definition) is 2. The summed E-state index contributed by atoms with van der Waals surface area (Å²) in [5.74, 6) is 0.354. The van der Waals surface area contributed by atoms with Crippen LogP contribution in [-0.2, 0) is 13.0 Å². The lowest BCUT2D eigenvalue weighted by Gasteiger charge is -2.26. The summed E-state index contributed by atoms with van der Waals surface area (Å²) < 4.78 is 0. The van der Waals surface area contributed by atoms with E-state index in [2.05, 4.69) is 29.2 Å². The zero-order valence-electron chi connectivity index (χ0n) is 11.5. The fourth-order valence-electron chi connectivity index (χ4n) is 3.35. The highest BCUT2D eigenvalue weighted by Crippen LogP contribution is 2.49. The van der Waals surface area contributed by atoms with Crippen molar-refractivity contribution in [2.75, 3.05) is 13.1 Å². The van der Waals surface area contributed by atoms with Crippen LogP contribution in [0.4, 0.5) is 0 Å². The third-order valence-electron chi connectivity index (χ3n) is 4.51. The molecular formula is C16H23N3. The van der Waals surface area contributed by atoms with Gasteiger partial charge in [-0.1, -0.05) is 24.3 Å². The second kappa shape index (κ2) is 4.97. The topological polar surface area (TPSA) is 53.1 Å². The number of hydrogen-bond acceptors (Lipinski definition) is 2. The molecule has 1 aliphatic heterocycles. The van der Waals surface area contributed by atoms with Crippen LogP contribution < -0.4 is 5.73 Å². The smallest absolute Gasteiger partial charge is 0.0911 e. The SMILES string of the molecule is N=C(N)CC1(CN2CCCc3ccccc3C2)CC1. The Morgan fingerprint density at radius 2 is 2.00 bits per heavy atom. The van der Waals surface area contributed by atoms with Crippen molar-refractivity contribution < 1.29 is 0 Å². The molecule has 3 heteroatoms. The zero-order valence-corrected chi connectivity index (χ0v) is 11.5. The first-order valence-corrected chi connectivity index (χ1v) is 7.29. The molecule has 1 fully saturated rings. The van der Waals surface area contributed by atoms with Crippen LogP contribution in [-0.4, -0.2) is 23.8 Å². The van der Waals surface area contributed by atoms with E-state index in [0.717, 1.165) is 19.5 Å². The van der Waals surface area contributed by atoms with Crippen molar-refractivity contribution in [2.45, 2.75) is 38.6 Å². The number of amidine groups is 1. The first-order valence-electron chi connectivity index (χ1n) is 7.29. The van der Waals surface area contributed by atoms with Gasteiger partial charge in [-0.25, -0.2) is 0 Å². The van der Waals surface area contributed by atoms with Gasteiger partial charge in [0, 0.05) is 19.5 Å². The Kier molecular flexibility index (Phi) is 3.31. The molecule has 102 valence electrons. The van der Waals surface area contributed by atoms with Gasteiger partial charge >= 0.3 is 0 Å². The molecule has 0 aromatic heterocycles. The summed E-state index contributed by atoms with van der Waals surface area (Å²) in [5, 5.41) is 7.53. The number of nitrogens with zero attached hydrogens (tertiary/aromatic N) is 1. The van der Waals surface area contributed by atoms with Crippen LogP contribution in [0.1, 0.15) is 36.8 Å². The minimum absolute atomic E-state index is 0.325. The summed E-state index contributed by atoms with van der Waals surface area (Å²) in [6.45, 7) is 3.35. The van der Waals surface area contributed by atoms with Crippen LogP contribution in [0.25, 0.3) is 0 Å². The highest BCUT2D eigenvalue weighted by atomic mass is 15.1. The minimum Gasteiger partial charge on any atom is -0.388 e. The molecule has 3 rings (SSSR count). The molecule has 3 nitrogen and oxygen atoms in total. The predicted molar refractivity (Wildman–Crippen MR) is 78.2 cm³/mol. The molecule has 1 saturated carbocycles. The second-order valence-electron chi connectivity index (χ2n) is 6.28. The highest BCUT2D eigenvalue weighted by Gasteiger charge is 2.44. The first kappa shape index (κ1) is 12.7. The molecule has 0 unspecified atom stereocenters. The lowest BCUT2D eigenvalue weighted by Crippen LogP contribution is -2.32. The summed E-state index contributed by atoms with van der Waals surface area (Å²) >= 11 is 0. The van der Waals surface area contributed by atoms with Gasteiger partial charge in [-0.05, 0) is 48.8 Å². The van der Waals surface area contributed by atoms with E-state index in [-0.39, 0.29) is 0 Å². The quantitative estimate of drug-likeness (QED) is 0.643. The number of aryl methyl sites for hydroxylation is 1. The van der Waals surface area contributed by atoms with Crippen molar-refractivity contribution >= 4 is 5.84 Å². The Hall–Kier alpha value is -1.35. The Labute approximate surface area is 115 Å². The van der Waals surface area contributed by atoms with Crippen molar-refractivity contribution in [3.05, 3.63) is 35.4 Å². The summed E-state index contributed by atoms with van der Waals surface area (Å²) in [4.78, 5) is 2.57. The van der Waals surface area contributed by atoms with Crippen LogP contribution >= 0.6 is 0 Å². The van der Waals surface area contributed by atoms with Crippen molar-refractivity contribution in [1.82, 2.24) is 4.90 Å². The molecule has 1 aromatic rings. The third-order valence-corrected chi connectivity index (χ3v) is 4.51. The molecule has 1 aliphatic carbocycles. The molecule has 0 amide bonds. The molecule has 0 saturated heterocycles. The van der Waals surface area contributed by atoms with Crippen LogP contribution in [0.2, 0.25) is 0 Å². The van der Waals surface area contributed by atoms with Gasteiger partial charge in [-0.15, -0.1) is 0 Å². The van der Waals surface area contributed by atoms with Gasteiger partial charge in [0.05, 0.1) is 5.84 Å². The van der Waals surface area contributed by atoms with E-state index in [1.807, 2.05) is 0 Å². The summed E-state index contributed by atoms with van der Waals surface area (Å²) in [6, 6.07) is 8.82. The van der Waals surface area contributed by atoms with Gasteiger partial charge in [0.25, 0.3) is 0 Å². The van der Waals surface area contributed by atoms with E-state index in [0.29, 0.717) is 11.3 Å². The maximum Gasteiger partial charge on any atom is 0.0911 e. The third kappa shape index (κ3) is 2.98.